The summed E-state index contributed by atoms with van der Waals surface area (Å²) in [6.45, 7) is 3.23. The van der Waals surface area contributed by atoms with Crippen LogP contribution in [0.2, 0.25) is 0 Å². The van der Waals surface area contributed by atoms with Crippen molar-refractivity contribution in [3.63, 3.8) is 0 Å². The van der Waals surface area contributed by atoms with E-state index in [9.17, 15) is 4.79 Å². The van der Waals surface area contributed by atoms with Crippen molar-refractivity contribution in [1.82, 2.24) is 5.32 Å². The van der Waals surface area contributed by atoms with Crippen molar-refractivity contribution in [3.8, 4) is 11.5 Å². The molecule has 23 heavy (non-hydrogen) atoms. The zero-order chi connectivity index (χ0) is 16.7. The second kappa shape index (κ2) is 8.19. The summed E-state index contributed by atoms with van der Waals surface area (Å²) in [7, 11) is 1.63. The summed E-state index contributed by atoms with van der Waals surface area (Å²) in [4.78, 5) is 10.9. The summed E-state index contributed by atoms with van der Waals surface area (Å²) in [5.41, 5.74) is 1.23. The molecule has 2 N–H and O–H groups in total. The molecule has 1 atom stereocenters. The Labute approximate surface area is 135 Å². The summed E-state index contributed by atoms with van der Waals surface area (Å²) in [6.07, 6.45) is -0.00829. The van der Waals surface area contributed by atoms with Gasteiger partial charge in [0, 0.05) is 13.1 Å². The minimum absolute atomic E-state index is 0.00829. The Bertz CT molecular complexity index is 640. The number of hydrogen-bond donors (Lipinski definition) is 2. The van der Waals surface area contributed by atoms with Crippen molar-refractivity contribution >= 4 is 5.97 Å². The predicted molar refractivity (Wildman–Crippen MR) is 88.2 cm³/mol. The van der Waals surface area contributed by atoms with Crippen LogP contribution in [0.1, 0.15) is 22.8 Å². The zero-order valence-corrected chi connectivity index (χ0v) is 13.3. The first kappa shape index (κ1) is 16.8. The van der Waals surface area contributed by atoms with Crippen molar-refractivity contribution in [3.05, 3.63) is 59.7 Å². The van der Waals surface area contributed by atoms with Gasteiger partial charge in [-0.2, -0.15) is 0 Å². The number of hydrogen-bond acceptors (Lipinski definition) is 4. The van der Waals surface area contributed by atoms with Gasteiger partial charge < -0.3 is 19.9 Å². The van der Waals surface area contributed by atoms with Gasteiger partial charge in [-0.15, -0.1) is 0 Å². The molecule has 2 rings (SSSR count). The van der Waals surface area contributed by atoms with Crippen molar-refractivity contribution in [1.29, 1.82) is 0 Å². The fraction of sp³-hybridized carbons (Fsp3) is 0.278. The van der Waals surface area contributed by atoms with Gasteiger partial charge in [0.2, 0.25) is 0 Å². The Morgan fingerprint density at radius 1 is 1.17 bits per heavy atom. The standard InChI is InChI=1S/C18H21NO4/c1-13(23-17-8-6-16(22-2)7-9-17)11-19-12-14-4-3-5-15(10-14)18(20)21/h3-10,13,19H,11-12H2,1-2H3,(H,20,21). The molecule has 2 aromatic carbocycles. The molecular formula is C18H21NO4. The molecule has 0 spiro atoms. The van der Waals surface area contributed by atoms with Crippen molar-refractivity contribution in [2.75, 3.05) is 13.7 Å². The van der Waals surface area contributed by atoms with E-state index in [0.29, 0.717) is 18.7 Å². The van der Waals surface area contributed by atoms with Gasteiger partial charge in [-0.25, -0.2) is 4.79 Å². The van der Waals surface area contributed by atoms with E-state index in [-0.39, 0.29) is 6.10 Å². The number of ether oxygens (including phenoxy) is 2. The van der Waals surface area contributed by atoms with E-state index >= 15 is 0 Å². The molecule has 0 bridgehead atoms. The number of aromatic carboxylic acids is 1. The van der Waals surface area contributed by atoms with Crippen molar-refractivity contribution in [2.45, 2.75) is 19.6 Å². The van der Waals surface area contributed by atoms with Crippen LogP contribution in [-0.4, -0.2) is 30.8 Å². The second-order valence-corrected chi connectivity index (χ2v) is 5.24. The quantitative estimate of drug-likeness (QED) is 0.784. The molecule has 0 saturated heterocycles. The lowest BCUT2D eigenvalue weighted by molar-refractivity contribution is 0.0696. The van der Waals surface area contributed by atoms with Crippen LogP contribution in [0.25, 0.3) is 0 Å². The summed E-state index contributed by atoms with van der Waals surface area (Å²) < 4.78 is 10.9. The number of carbonyl (C=O) groups is 1. The molecule has 1 unspecified atom stereocenters. The fourth-order valence-corrected chi connectivity index (χ4v) is 2.16. The highest BCUT2D eigenvalue weighted by atomic mass is 16.5. The number of nitrogens with one attached hydrogen (secondary N) is 1. The summed E-state index contributed by atoms with van der Waals surface area (Å²) in [5.74, 6) is 0.664. The normalized spacial score (nSPS) is 11.7. The third kappa shape index (κ3) is 5.30. The van der Waals surface area contributed by atoms with E-state index in [4.69, 9.17) is 14.6 Å². The maximum absolute atomic E-state index is 10.9. The molecule has 0 aliphatic heterocycles. The number of benzene rings is 2. The fourth-order valence-electron chi connectivity index (χ4n) is 2.16. The monoisotopic (exact) mass is 315 g/mol. The van der Waals surface area contributed by atoms with Gasteiger partial charge in [-0.1, -0.05) is 12.1 Å². The molecule has 2 aromatic rings. The zero-order valence-electron chi connectivity index (χ0n) is 13.3. The maximum Gasteiger partial charge on any atom is 0.335 e. The average molecular weight is 315 g/mol. The lowest BCUT2D eigenvalue weighted by atomic mass is 10.1. The molecular weight excluding hydrogens is 294 g/mol. The highest BCUT2D eigenvalue weighted by molar-refractivity contribution is 5.87. The van der Waals surface area contributed by atoms with Crippen molar-refractivity contribution < 1.29 is 19.4 Å². The Balaban J connectivity index is 1.79. The maximum atomic E-state index is 10.9. The van der Waals surface area contributed by atoms with Gasteiger partial charge in [-0.05, 0) is 48.9 Å². The Kier molecular flexibility index (Phi) is 6.00. The minimum Gasteiger partial charge on any atom is -0.497 e. The predicted octanol–water partition coefficient (Wildman–Crippen LogP) is 2.95. The number of carboxylic acids is 1. The average Bonchev–Trinajstić information content (AvgIpc) is 2.56. The van der Waals surface area contributed by atoms with Crippen LogP contribution in [0, 0.1) is 0 Å². The smallest absolute Gasteiger partial charge is 0.335 e. The first-order valence-corrected chi connectivity index (χ1v) is 7.42. The van der Waals surface area contributed by atoms with Crippen LogP contribution in [0.15, 0.2) is 48.5 Å². The summed E-state index contributed by atoms with van der Waals surface area (Å²) >= 11 is 0. The minimum atomic E-state index is -0.914. The van der Waals surface area contributed by atoms with Crippen molar-refractivity contribution in [2.24, 2.45) is 0 Å². The molecule has 0 heterocycles. The first-order chi connectivity index (χ1) is 11.1. The molecule has 0 aromatic heterocycles. The summed E-state index contributed by atoms with van der Waals surface area (Å²) in [5, 5.41) is 12.2. The number of carboxylic acid groups (broad SMARTS) is 1. The molecule has 0 aliphatic rings. The molecule has 0 saturated carbocycles. The first-order valence-electron chi connectivity index (χ1n) is 7.42. The molecule has 5 heteroatoms. The molecule has 0 amide bonds. The lowest BCUT2D eigenvalue weighted by Gasteiger charge is -2.16. The molecule has 0 fully saturated rings. The van der Waals surface area contributed by atoms with E-state index in [1.807, 2.05) is 37.3 Å². The van der Waals surface area contributed by atoms with Crippen LogP contribution in [0.3, 0.4) is 0 Å². The van der Waals surface area contributed by atoms with Gasteiger partial charge in [0.15, 0.2) is 0 Å². The lowest BCUT2D eigenvalue weighted by Crippen LogP contribution is -2.28. The molecule has 0 radical (unpaired) electrons. The van der Waals surface area contributed by atoms with Crippen LogP contribution in [0.5, 0.6) is 11.5 Å². The van der Waals surface area contributed by atoms with Crippen LogP contribution in [0.4, 0.5) is 0 Å². The van der Waals surface area contributed by atoms with E-state index in [2.05, 4.69) is 5.32 Å². The largest absolute Gasteiger partial charge is 0.497 e. The van der Waals surface area contributed by atoms with E-state index in [1.54, 1.807) is 25.3 Å². The van der Waals surface area contributed by atoms with E-state index in [0.717, 1.165) is 17.1 Å². The van der Waals surface area contributed by atoms with Crippen LogP contribution < -0.4 is 14.8 Å². The third-order valence-electron chi connectivity index (χ3n) is 3.33. The van der Waals surface area contributed by atoms with Gasteiger partial charge in [0.25, 0.3) is 0 Å². The van der Waals surface area contributed by atoms with Gasteiger partial charge in [0.1, 0.15) is 17.6 Å². The summed E-state index contributed by atoms with van der Waals surface area (Å²) in [6, 6.07) is 14.3. The number of methoxy groups -OCH3 is 1. The number of rotatable bonds is 8. The highest BCUT2D eigenvalue weighted by Crippen LogP contribution is 2.18. The second-order valence-electron chi connectivity index (χ2n) is 5.24. The Morgan fingerprint density at radius 2 is 1.87 bits per heavy atom. The van der Waals surface area contributed by atoms with Gasteiger partial charge >= 0.3 is 5.97 Å². The van der Waals surface area contributed by atoms with Gasteiger partial charge in [-0.3, -0.25) is 0 Å². The third-order valence-corrected chi connectivity index (χ3v) is 3.33. The van der Waals surface area contributed by atoms with Crippen LogP contribution >= 0.6 is 0 Å². The van der Waals surface area contributed by atoms with Crippen LogP contribution in [-0.2, 0) is 6.54 Å². The highest BCUT2D eigenvalue weighted by Gasteiger charge is 2.06. The SMILES string of the molecule is COc1ccc(OC(C)CNCc2cccc(C(=O)O)c2)cc1. The molecule has 122 valence electrons. The topological polar surface area (TPSA) is 67.8 Å². The Hall–Kier alpha value is -2.53. The van der Waals surface area contributed by atoms with E-state index < -0.39 is 5.97 Å². The van der Waals surface area contributed by atoms with Gasteiger partial charge in [0.05, 0.1) is 12.7 Å². The molecule has 5 nitrogen and oxygen atoms in total. The Morgan fingerprint density at radius 3 is 2.52 bits per heavy atom. The molecule has 0 aliphatic carbocycles. The van der Waals surface area contributed by atoms with E-state index in [1.165, 1.54) is 0 Å².